The summed E-state index contributed by atoms with van der Waals surface area (Å²) in [5.74, 6) is -0.276. The fourth-order valence-corrected chi connectivity index (χ4v) is 1.72. The molecule has 0 aliphatic rings. The van der Waals surface area contributed by atoms with E-state index in [-0.39, 0.29) is 11.4 Å². The van der Waals surface area contributed by atoms with Crippen LogP contribution in [-0.2, 0) is 14.9 Å². The van der Waals surface area contributed by atoms with Crippen LogP contribution in [0.15, 0.2) is 24.3 Å². The third-order valence-electron chi connectivity index (χ3n) is 2.90. The van der Waals surface area contributed by atoms with Crippen molar-refractivity contribution >= 4 is 11.7 Å². The average Bonchev–Trinajstić information content (AvgIpc) is 2.26. The molecule has 1 aromatic carbocycles. The lowest BCUT2D eigenvalue weighted by molar-refractivity contribution is -0.144. The normalized spacial score (nSPS) is 12.1. The number of carbonyl (C=O) groups excluding carboxylic acids is 1. The summed E-state index contributed by atoms with van der Waals surface area (Å²) in [6.07, 6.45) is 0. The van der Waals surface area contributed by atoms with Crippen molar-refractivity contribution in [1.82, 2.24) is 0 Å². The molecule has 1 aromatic rings. The number of nitrogens with one attached hydrogen (secondary N) is 1. The van der Waals surface area contributed by atoms with Crippen LogP contribution in [0.1, 0.15) is 40.2 Å². The Labute approximate surface area is 110 Å². The van der Waals surface area contributed by atoms with E-state index in [1.54, 1.807) is 13.8 Å². The molecule has 1 N–H and O–H groups in total. The van der Waals surface area contributed by atoms with E-state index < -0.39 is 5.54 Å². The zero-order chi connectivity index (χ0) is 14.0. The summed E-state index contributed by atoms with van der Waals surface area (Å²) in [5, 5.41) is 3.17. The second kappa shape index (κ2) is 5.01. The van der Waals surface area contributed by atoms with Crippen molar-refractivity contribution in [2.24, 2.45) is 0 Å². The number of ether oxygens (including phenoxy) is 1. The van der Waals surface area contributed by atoms with Gasteiger partial charge in [-0.15, -0.1) is 0 Å². The van der Waals surface area contributed by atoms with Gasteiger partial charge in [0.25, 0.3) is 0 Å². The SMILES string of the molecule is COC(=O)C(C)(C)Nc1ccc(C(C)(C)C)cc1. The molecule has 100 valence electrons. The highest BCUT2D eigenvalue weighted by Crippen LogP contribution is 2.24. The second-order valence-electron chi connectivity index (χ2n) is 6.07. The molecular formula is C15H23NO2. The van der Waals surface area contributed by atoms with E-state index in [9.17, 15) is 4.79 Å². The van der Waals surface area contributed by atoms with Crippen LogP contribution in [0.2, 0.25) is 0 Å². The van der Waals surface area contributed by atoms with Gasteiger partial charge in [0.15, 0.2) is 0 Å². The van der Waals surface area contributed by atoms with Crippen LogP contribution in [0.25, 0.3) is 0 Å². The Morgan fingerprint density at radius 3 is 1.94 bits per heavy atom. The summed E-state index contributed by atoms with van der Waals surface area (Å²) in [5.41, 5.74) is 1.59. The van der Waals surface area contributed by atoms with Crippen molar-refractivity contribution in [2.75, 3.05) is 12.4 Å². The summed E-state index contributed by atoms with van der Waals surface area (Å²) in [4.78, 5) is 11.6. The first-order chi connectivity index (χ1) is 8.16. The first kappa shape index (κ1) is 14.6. The number of hydrogen-bond acceptors (Lipinski definition) is 3. The molecule has 0 heterocycles. The molecule has 1 rings (SSSR count). The van der Waals surface area contributed by atoms with Crippen LogP contribution in [0.4, 0.5) is 5.69 Å². The highest BCUT2D eigenvalue weighted by Gasteiger charge is 2.28. The van der Waals surface area contributed by atoms with Gasteiger partial charge < -0.3 is 10.1 Å². The van der Waals surface area contributed by atoms with Crippen LogP contribution < -0.4 is 5.32 Å². The maximum absolute atomic E-state index is 11.6. The molecule has 0 saturated heterocycles. The third-order valence-corrected chi connectivity index (χ3v) is 2.90. The van der Waals surface area contributed by atoms with Gasteiger partial charge in [0.2, 0.25) is 0 Å². The summed E-state index contributed by atoms with van der Waals surface area (Å²) < 4.78 is 4.76. The topological polar surface area (TPSA) is 38.3 Å². The van der Waals surface area contributed by atoms with Crippen molar-refractivity contribution in [2.45, 2.75) is 45.6 Å². The van der Waals surface area contributed by atoms with Gasteiger partial charge >= 0.3 is 5.97 Å². The minimum atomic E-state index is -0.724. The Balaban J connectivity index is 2.85. The molecule has 3 heteroatoms. The van der Waals surface area contributed by atoms with E-state index in [0.29, 0.717) is 0 Å². The summed E-state index contributed by atoms with van der Waals surface area (Å²) in [6, 6.07) is 8.14. The molecule has 0 aromatic heterocycles. The quantitative estimate of drug-likeness (QED) is 0.835. The lowest BCUT2D eigenvalue weighted by Crippen LogP contribution is -2.41. The van der Waals surface area contributed by atoms with Gasteiger partial charge in [0.1, 0.15) is 5.54 Å². The van der Waals surface area contributed by atoms with Gasteiger partial charge in [-0.3, -0.25) is 0 Å². The molecule has 0 saturated carbocycles. The monoisotopic (exact) mass is 249 g/mol. The van der Waals surface area contributed by atoms with Crippen LogP contribution in [-0.4, -0.2) is 18.6 Å². The minimum Gasteiger partial charge on any atom is -0.467 e. The Morgan fingerprint density at radius 1 is 1.06 bits per heavy atom. The first-order valence-electron chi connectivity index (χ1n) is 6.14. The van der Waals surface area contributed by atoms with Crippen molar-refractivity contribution in [3.05, 3.63) is 29.8 Å². The Kier molecular flexibility index (Phi) is 4.05. The van der Waals surface area contributed by atoms with Gasteiger partial charge in [-0.05, 0) is 37.0 Å². The lowest BCUT2D eigenvalue weighted by Gasteiger charge is -2.25. The van der Waals surface area contributed by atoms with Crippen molar-refractivity contribution in [3.63, 3.8) is 0 Å². The molecular weight excluding hydrogens is 226 g/mol. The van der Waals surface area contributed by atoms with Gasteiger partial charge in [0.05, 0.1) is 7.11 Å². The predicted octanol–water partition coefficient (Wildman–Crippen LogP) is 3.35. The molecule has 0 fully saturated rings. The third kappa shape index (κ3) is 3.49. The maximum Gasteiger partial charge on any atom is 0.330 e. The predicted molar refractivity (Wildman–Crippen MR) is 74.9 cm³/mol. The van der Waals surface area contributed by atoms with E-state index in [2.05, 4.69) is 38.2 Å². The molecule has 0 unspecified atom stereocenters. The zero-order valence-corrected chi connectivity index (χ0v) is 12.1. The van der Waals surface area contributed by atoms with Crippen LogP contribution in [0, 0.1) is 0 Å². The number of rotatable bonds is 3. The highest BCUT2D eigenvalue weighted by molar-refractivity contribution is 5.83. The van der Waals surface area contributed by atoms with E-state index in [1.165, 1.54) is 12.7 Å². The van der Waals surface area contributed by atoms with Crippen LogP contribution in [0.5, 0.6) is 0 Å². The largest absolute Gasteiger partial charge is 0.467 e. The summed E-state index contributed by atoms with van der Waals surface area (Å²) >= 11 is 0. The van der Waals surface area contributed by atoms with Crippen molar-refractivity contribution < 1.29 is 9.53 Å². The average molecular weight is 249 g/mol. The van der Waals surface area contributed by atoms with Gasteiger partial charge in [-0.2, -0.15) is 0 Å². The standard InChI is InChI=1S/C15H23NO2/c1-14(2,3)11-7-9-12(10-8-11)16-15(4,5)13(17)18-6/h7-10,16H,1-6H3. The fraction of sp³-hybridized carbons (Fsp3) is 0.533. The van der Waals surface area contributed by atoms with Crippen molar-refractivity contribution in [1.29, 1.82) is 0 Å². The second-order valence-corrected chi connectivity index (χ2v) is 6.07. The van der Waals surface area contributed by atoms with Crippen LogP contribution >= 0.6 is 0 Å². The van der Waals surface area contributed by atoms with Crippen LogP contribution in [0.3, 0.4) is 0 Å². The van der Waals surface area contributed by atoms with E-state index in [4.69, 9.17) is 4.74 Å². The molecule has 3 nitrogen and oxygen atoms in total. The fourth-order valence-electron chi connectivity index (χ4n) is 1.72. The molecule has 0 amide bonds. The Morgan fingerprint density at radius 2 is 1.56 bits per heavy atom. The molecule has 18 heavy (non-hydrogen) atoms. The highest BCUT2D eigenvalue weighted by atomic mass is 16.5. The van der Waals surface area contributed by atoms with Gasteiger partial charge in [0, 0.05) is 5.69 Å². The molecule has 0 aliphatic carbocycles. The first-order valence-corrected chi connectivity index (χ1v) is 6.14. The smallest absolute Gasteiger partial charge is 0.330 e. The minimum absolute atomic E-state index is 0.135. The van der Waals surface area contributed by atoms with E-state index in [1.807, 2.05) is 12.1 Å². The maximum atomic E-state index is 11.6. The van der Waals surface area contributed by atoms with Gasteiger partial charge in [-0.25, -0.2) is 4.79 Å². The number of anilines is 1. The zero-order valence-electron chi connectivity index (χ0n) is 12.1. The molecule has 0 radical (unpaired) electrons. The number of benzene rings is 1. The Bertz CT molecular complexity index is 413. The molecule has 0 bridgehead atoms. The Hall–Kier alpha value is -1.51. The number of esters is 1. The summed E-state index contributed by atoms with van der Waals surface area (Å²) in [6.45, 7) is 10.1. The molecule has 0 atom stereocenters. The van der Waals surface area contributed by atoms with E-state index >= 15 is 0 Å². The van der Waals surface area contributed by atoms with Crippen molar-refractivity contribution in [3.8, 4) is 0 Å². The molecule has 0 spiro atoms. The number of carbonyl (C=O) groups is 1. The number of hydrogen-bond donors (Lipinski definition) is 1. The van der Waals surface area contributed by atoms with E-state index in [0.717, 1.165) is 5.69 Å². The molecule has 0 aliphatic heterocycles. The summed E-state index contributed by atoms with van der Waals surface area (Å²) in [7, 11) is 1.40. The lowest BCUT2D eigenvalue weighted by atomic mass is 9.87. The number of methoxy groups -OCH3 is 1. The van der Waals surface area contributed by atoms with Gasteiger partial charge in [-0.1, -0.05) is 32.9 Å².